The summed E-state index contributed by atoms with van der Waals surface area (Å²) in [6.07, 6.45) is 2.33. The van der Waals surface area contributed by atoms with Gasteiger partial charge in [-0.1, -0.05) is 20.3 Å². The molecule has 0 aromatic carbocycles. The first-order chi connectivity index (χ1) is 4.58. The van der Waals surface area contributed by atoms with Crippen molar-refractivity contribution in [2.75, 3.05) is 0 Å². The minimum atomic E-state index is -2.34. The van der Waals surface area contributed by atoms with Gasteiger partial charge in [0.15, 0.2) is 0 Å². The molecule has 0 aromatic rings. The van der Waals surface area contributed by atoms with Crippen LogP contribution in [0.4, 0.5) is 8.78 Å². The fourth-order valence-electron chi connectivity index (χ4n) is 1.69. The molecule has 0 nitrogen and oxygen atoms in total. The SMILES string of the molecule is CCCC1(CC)CC1(F)F. The molecule has 0 N–H and O–H groups in total. The highest BCUT2D eigenvalue weighted by molar-refractivity contribution is 5.08. The Morgan fingerprint density at radius 2 is 1.80 bits per heavy atom. The highest BCUT2D eigenvalue weighted by atomic mass is 19.3. The number of hydrogen-bond donors (Lipinski definition) is 0. The average Bonchev–Trinajstić information content (AvgIpc) is 2.37. The minimum absolute atomic E-state index is 0.129. The van der Waals surface area contributed by atoms with Gasteiger partial charge in [-0.25, -0.2) is 8.78 Å². The third kappa shape index (κ3) is 0.938. The highest BCUT2D eigenvalue weighted by Gasteiger charge is 2.68. The van der Waals surface area contributed by atoms with Gasteiger partial charge in [-0.15, -0.1) is 0 Å². The summed E-state index contributed by atoms with van der Waals surface area (Å²) in [5.41, 5.74) is -0.595. The zero-order valence-corrected chi connectivity index (χ0v) is 6.58. The summed E-state index contributed by atoms with van der Waals surface area (Å²) in [7, 11) is 0. The van der Waals surface area contributed by atoms with Crippen LogP contribution in [0.15, 0.2) is 0 Å². The first-order valence-electron chi connectivity index (χ1n) is 3.96. The molecule has 1 atom stereocenters. The highest BCUT2D eigenvalue weighted by Crippen LogP contribution is 2.65. The number of hydrogen-bond acceptors (Lipinski definition) is 0. The molecule has 1 aliphatic carbocycles. The van der Waals surface area contributed by atoms with E-state index in [0.29, 0.717) is 12.8 Å². The molecule has 0 radical (unpaired) electrons. The van der Waals surface area contributed by atoms with E-state index in [1.54, 1.807) is 0 Å². The summed E-state index contributed by atoms with van der Waals surface area (Å²) >= 11 is 0. The van der Waals surface area contributed by atoms with Crippen LogP contribution >= 0.6 is 0 Å². The second-order valence-electron chi connectivity index (χ2n) is 3.27. The molecule has 1 fully saturated rings. The lowest BCUT2D eigenvalue weighted by Crippen LogP contribution is -2.09. The van der Waals surface area contributed by atoms with Gasteiger partial charge in [-0.2, -0.15) is 0 Å². The zero-order valence-electron chi connectivity index (χ0n) is 6.58. The van der Waals surface area contributed by atoms with Crippen LogP contribution in [-0.4, -0.2) is 5.92 Å². The Morgan fingerprint density at radius 3 is 1.90 bits per heavy atom. The van der Waals surface area contributed by atoms with Gasteiger partial charge in [-0.3, -0.25) is 0 Å². The summed E-state index contributed by atoms with van der Waals surface area (Å²) in [5, 5.41) is 0. The third-order valence-electron chi connectivity index (χ3n) is 2.62. The first kappa shape index (κ1) is 7.96. The Bertz CT molecular complexity index is 131. The van der Waals surface area contributed by atoms with Gasteiger partial charge in [0.05, 0.1) is 0 Å². The van der Waals surface area contributed by atoms with E-state index in [-0.39, 0.29) is 6.42 Å². The molecule has 0 aromatic heterocycles. The van der Waals surface area contributed by atoms with E-state index in [4.69, 9.17) is 0 Å². The molecule has 10 heavy (non-hydrogen) atoms. The summed E-state index contributed by atoms with van der Waals surface area (Å²) in [6.45, 7) is 3.82. The fourth-order valence-corrected chi connectivity index (χ4v) is 1.69. The van der Waals surface area contributed by atoms with Crippen molar-refractivity contribution in [1.82, 2.24) is 0 Å². The van der Waals surface area contributed by atoms with Crippen LogP contribution < -0.4 is 0 Å². The van der Waals surface area contributed by atoms with Gasteiger partial charge < -0.3 is 0 Å². The molecule has 2 heteroatoms. The largest absolute Gasteiger partial charge is 0.254 e. The van der Waals surface area contributed by atoms with Crippen molar-refractivity contribution >= 4 is 0 Å². The summed E-state index contributed by atoms with van der Waals surface area (Å²) in [4.78, 5) is 0. The number of alkyl halides is 2. The molecule has 1 unspecified atom stereocenters. The normalized spacial score (nSPS) is 36.0. The molecule has 0 aliphatic heterocycles. The molecule has 0 saturated heterocycles. The molecule has 1 aliphatic rings. The van der Waals surface area contributed by atoms with Crippen LogP contribution in [0.25, 0.3) is 0 Å². The maximum absolute atomic E-state index is 12.6. The van der Waals surface area contributed by atoms with Gasteiger partial charge in [0, 0.05) is 11.8 Å². The average molecular weight is 148 g/mol. The lowest BCUT2D eigenvalue weighted by Gasteiger charge is -2.10. The van der Waals surface area contributed by atoms with Crippen molar-refractivity contribution in [2.24, 2.45) is 5.41 Å². The van der Waals surface area contributed by atoms with Crippen LogP contribution in [0.2, 0.25) is 0 Å². The van der Waals surface area contributed by atoms with Crippen molar-refractivity contribution in [2.45, 2.75) is 45.5 Å². The van der Waals surface area contributed by atoms with Crippen LogP contribution in [0.3, 0.4) is 0 Å². The molecule has 60 valence electrons. The van der Waals surface area contributed by atoms with Crippen LogP contribution in [0.1, 0.15) is 39.5 Å². The number of rotatable bonds is 3. The Morgan fingerprint density at radius 1 is 1.30 bits per heavy atom. The van der Waals surface area contributed by atoms with E-state index in [1.807, 2.05) is 13.8 Å². The molecule has 1 saturated carbocycles. The maximum atomic E-state index is 12.6. The molecule has 1 rings (SSSR count). The Balaban J connectivity index is 2.50. The van der Waals surface area contributed by atoms with Crippen LogP contribution in [0.5, 0.6) is 0 Å². The van der Waals surface area contributed by atoms with Crippen molar-refractivity contribution in [3.63, 3.8) is 0 Å². The lowest BCUT2D eigenvalue weighted by molar-refractivity contribution is 0.0582. The van der Waals surface area contributed by atoms with Crippen LogP contribution in [-0.2, 0) is 0 Å². The monoisotopic (exact) mass is 148 g/mol. The van der Waals surface area contributed by atoms with Gasteiger partial charge >= 0.3 is 0 Å². The van der Waals surface area contributed by atoms with Gasteiger partial charge in [-0.05, 0) is 12.8 Å². The second kappa shape index (κ2) is 2.18. The molecule has 0 bridgehead atoms. The van der Waals surface area contributed by atoms with E-state index in [0.717, 1.165) is 6.42 Å². The summed E-state index contributed by atoms with van der Waals surface area (Å²) in [5.74, 6) is -2.34. The van der Waals surface area contributed by atoms with Gasteiger partial charge in [0.25, 0.3) is 5.92 Å². The fraction of sp³-hybridized carbons (Fsp3) is 1.00. The molecule has 0 spiro atoms. The third-order valence-corrected chi connectivity index (χ3v) is 2.62. The van der Waals surface area contributed by atoms with Gasteiger partial charge in [0.1, 0.15) is 0 Å². The Labute approximate surface area is 60.6 Å². The van der Waals surface area contributed by atoms with Crippen molar-refractivity contribution in [3.8, 4) is 0 Å². The lowest BCUT2D eigenvalue weighted by atomic mass is 9.97. The van der Waals surface area contributed by atoms with E-state index < -0.39 is 11.3 Å². The smallest absolute Gasteiger partial charge is 0.206 e. The quantitative estimate of drug-likeness (QED) is 0.576. The van der Waals surface area contributed by atoms with Crippen molar-refractivity contribution < 1.29 is 8.78 Å². The van der Waals surface area contributed by atoms with Crippen molar-refractivity contribution in [3.05, 3.63) is 0 Å². The molecular formula is C8H14F2. The van der Waals surface area contributed by atoms with Crippen LogP contribution in [0, 0.1) is 5.41 Å². The van der Waals surface area contributed by atoms with Crippen molar-refractivity contribution in [1.29, 1.82) is 0 Å². The van der Waals surface area contributed by atoms with E-state index in [2.05, 4.69) is 0 Å². The topological polar surface area (TPSA) is 0 Å². The molecule has 0 amide bonds. The van der Waals surface area contributed by atoms with E-state index in [9.17, 15) is 8.78 Å². The second-order valence-corrected chi connectivity index (χ2v) is 3.27. The molecular weight excluding hydrogens is 134 g/mol. The zero-order chi connectivity index (χ0) is 7.83. The Hall–Kier alpha value is -0.140. The van der Waals surface area contributed by atoms with Gasteiger partial charge in [0.2, 0.25) is 0 Å². The number of halogens is 2. The van der Waals surface area contributed by atoms with E-state index in [1.165, 1.54) is 0 Å². The Kier molecular flexibility index (Phi) is 1.73. The van der Waals surface area contributed by atoms with E-state index >= 15 is 0 Å². The first-order valence-corrected chi connectivity index (χ1v) is 3.96. The molecule has 0 heterocycles. The predicted molar refractivity (Wildman–Crippen MR) is 37.2 cm³/mol. The maximum Gasteiger partial charge on any atom is 0.254 e. The predicted octanol–water partition coefficient (Wildman–Crippen LogP) is 3.22. The summed E-state index contributed by atoms with van der Waals surface area (Å²) in [6, 6.07) is 0. The minimum Gasteiger partial charge on any atom is -0.206 e. The summed E-state index contributed by atoms with van der Waals surface area (Å²) < 4.78 is 25.3. The standard InChI is InChI=1S/C8H14F2/c1-3-5-7(4-2)6-8(7,9)10/h3-6H2,1-2H3.